The number of rotatable bonds is 3. The lowest BCUT2D eigenvalue weighted by Gasteiger charge is -2.19. The maximum Gasteiger partial charge on any atom is 0.208 e. The Morgan fingerprint density at radius 2 is 2.47 bits per heavy atom. The number of hydrazine groups is 1. The summed E-state index contributed by atoms with van der Waals surface area (Å²) in [6.07, 6.45) is 3.69. The molecule has 0 aliphatic heterocycles. The van der Waals surface area contributed by atoms with Crippen LogP contribution >= 0.6 is 0 Å². The molecule has 0 bridgehead atoms. The molecule has 0 radical (unpaired) electrons. The first-order valence-corrected chi connectivity index (χ1v) is 4.87. The third-order valence-electron chi connectivity index (χ3n) is 2.10. The van der Waals surface area contributed by atoms with Gasteiger partial charge in [-0.15, -0.1) is 0 Å². The summed E-state index contributed by atoms with van der Waals surface area (Å²) in [5.74, 6) is 7.01. The summed E-state index contributed by atoms with van der Waals surface area (Å²) in [4.78, 5) is 10.4. The Hall–Kier alpha value is -1.56. The van der Waals surface area contributed by atoms with E-state index in [1.807, 2.05) is 36.7 Å². The van der Waals surface area contributed by atoms with E-state index in [1.54, 1.807) is 6.20 Å². The van der Waals surface area contributed by atoms with Crippen molar-refractivity contribution in [3.63, 3.8) is 0 Å². The number of hydrogen-bond donors (Lipinski definition) is 2. The number of aliphatic imine (C=N–C) groups is 1. The molecule has 0 unspecified atom stereocenters. The van der Waals surface area contributed by atoms with Crippen LogP contribution in [-0.4, -0.2) is 34.0 Å². The lowest BCUT2D eigenvalue weighted by molar-refractivity contribution is 0.454. The van der Waals surface area contributed by atoms with Gasteiger partial charge in [0.25, 0.3) is 0 Å². The molecule has 3 N–H and O–H groups in total. The highest BCUT2D eigenvalue weighted by Gasteiger charge is 2.07. The van der Waals surface area contributed by atoms with Crippen LogP contribution in [0.1, 0.15) is 12.7 Å². The maximum atomic E-state index is 5.38. The lowest BCUT2D eigenvalue weighted by Crippen LogP contribution is -2.42. The van der Waals surface area contributed by atoms with Gasteiger partial charge in [0.2, 0.25) is 5.96 Å². The summed E-state index contributed by atoms with van der Waals surface area (Å²) in [6, 6.07) is 0. The molecule has 0 saturated heterocycles. The van der Waals surface area contributed by atoms with Gasteiger partial charge in [-0.1, -0.05) is 0 Å². The van der Waals surface area contributed by atoms with Crippen LogP contribution in [0.2, 0.25) is 0 Å². The molecule has 0 saturated carbocycles. The van der Waals surface area contributed by atoms with Crippen molar-refractivity contribution in [3.8, 4) is 0 Å². The molecular weight excluding hydrogens is 192 g/mol. The minimum absolute atomic E-state index is 0.667. The fourth-order valence-corrected chi connectivity index (χ4v) is 1.26. The van der Waals surface area contributed by atoms with Crippen LogP contribution in [0.25, 0.3) is 0 Å². The van der Waals surface area contributed by atoms with Crippen molar-refractivity contribution in [1.82, 2.24) is 19.9 Å². The standard InChI is InChI=1S/C9H18N6/c1-4-11-9(13-10)15(3)7-8-12-5-6-14(8)2/h5-6H,4,7,10H2,1-3H3,(H,11,13). The van der Waals surface area contributed by atoms with Crippen LogP contribution in [-0.2, 0) is 13.6 Å². The highest BCUT2D eigenvalue weighted by atomic mass is 15.4. The SMILES string of the molecule is CCN=C(NN)N(C)Cc1nccn1C. The van der Waals surface area contributed by atoms with Crippen LogP contribution < -0.4 is 11.3 Å². The minimum atomic E-state index is 0.667. The second-order valence-corrected chi connectivity index (χ2v) is 3.25. The Bertz CT molecular complexity index is 329. The Morgan fingerprint density at radius 3 is 2.93 bits per heavy atom. The second kappa shape index (κ2) is 5.35. The largest absolute Gasteiger partial charge is 0.338 e. The molecule has 0 fully saturated rings. The summed E-state index contributed by atoms with van der Waals surface area (Å²) in [5.41, 5.74) is 2.57. The molecule has 0 spiro atoms. The van der Waals surface area contributed by atoms with Gasteiger partial charge in [-0.05, 0) is 6.92 Å². The van der Waals surface area contributed by atoms with Crippen molar-refractivity contribution in [1.29, 1.82) is 0 Å². The first-order chi connectivity index (χ1) is 7.19. The molecule has 6 nitrogen and oxygen atoms in total. The van der Waals surface area contributed by atoms with Crippen LogP contribution in [0, 0.1) is 0 Å². The smallest absolute Gasteiger partial charge is 0.208 e. The molecular formula is C9H18N6. The third kappa shape index (κ3) is 2.95. The van der Waals surface area contributed by atoms with Crippen molar-refractivity contribution in [2.75, 3.05) is 13.6 Å². The Labute approximate surface area is 89.8 Å². The van der Waals surface area contributed by atoms with E-state index in [-0.39, 0.29) is 0 Å². The average molecular weight is 210 g/mol. The van der Waals surface area contributed by atoms with E-state index in [0.717, 1.165) is 5.82 Å². The van der Waals surface area contributed by atoms with Crippen molar-refractivity contribution in [2.45, 2.75) is 13.5 Å². The lowest BCUT2D eigenvalue weighted by atomic mass is 10.5. The minimum Gasteiger partial charge on any atom is -0.338 e. The molecule has 1 heterocycles. The van der Waals surface area contributed by atoms with E-state index >= 15 is 0 Å². The van der Waals surface area contributed by atoms with Crippen molar-refractivity contribution in [3.05, 3.63) is 18.2 Å². The summed E-state index contributed by atoms with van der Waals surface area (Å²) in [6.45, 7) is 3.34. The van der Waals surface area contributed by atoms with Crippen molar-refractivity contribution < 1.29 is 0 Å². The molecule has 0 atom stereocenters. The zero-order valence-corrected chi connectivity index (χ0v) is 9.44. The average Bonchev–Trinajstić information content (AvgIpc) is 2.60. The first-order valence-electron chi connectivity index (χ1n) is 4.87. The Morgan fingerprint density at radius 1 is 1.73 bits per heavy atom. The molecule has 1 aromatic rings. The van der Waals surface area contributed by atoms with E-state index in [0.29, 0.717) is 19.0 Å². The topological polar surface area (TPSA) is 71.5 Å². The zero-order chi connectivity index (χ0) is 11.3. The molecule has 0 amide bonds. The van der Waals surface area contributed by atoms with Gasteiger partial charge in [0.15, 0.2) is 0 Å². The van der Waals surface area contributed by atoms with Crippen molar-refractivity contribution in [2.24, 2.45) is 17.9 Å². The summed E-state index contributed by atoms with van der Waals surface area (Å²) < 4.78 is 1.97. The van der Waals surface area contributed by atoms with Crippen LogP contribution in [0.15, 0.2) is 17.4 Å². The molecule has 1 rings (SSSR count). The normalized spacial score (nSPS) is 11.6. The fourth-order valence-electron chi connectivity index (χ4n) is 1.26. The van der Waals surface area contributed by atoms with E-state index in [1.165, 1.54) is 0 Å². The zero-order valence-electron chi connectivity index (χ0n) is 9.44. The monoisotopic (exact) mass is 210 g/mol. The van der Waals surface area contributed by atoms with Crippen molar-refractivity contribution >= 4 is 5.96 Å². The van der Waals surface area contributed by atoms with Gasteiger partial charge in [-0.2, -0.15) is 0 Å². The number of nitrogens with one attached hydrogen (secondary N) is 1. The second-order valence-electron chi connectivity index (χ2n) is 3.25. The van der Waals surface area contributed by atoms with Crippen LogP contribution in [0.5, 0.6) is 0 Å². The van der Waals surface area contributed by atoms with Crippen LogP contribution in [0.3, 0.4) is 0 Å². The van der Waals surface area contributed by atoms with E-state index in [4.69, 9.17) is 5.84 Å². The molecule has 0 aliphatic rings. The predicted molar refractivity (Wildman–Crippen MR) is 60.0 cm³/mol. The number of guanidine groups is 1. The number of aromatic nitrogens is 2. The Kier molecular flexibility index (Phi) is 4.11. The summed E-state index contributed by atoms with van der Waals surface area (Å²) in [7, 11) is 3.88. The fraction of sp³-hybridized carbons (Fsp3) is 0.556. The molecule has 0 aromatic carbocycles. The van der Waals surface area contributed by atoms with Gasteiger partial charge in [0.05, 0.1) is 6.54 Å². The molecule has 84 valence electrons. The molecule has 0 aliphatic carbocycles. The highest BCUT2D eigenvalue weighted by Crippen LogP contribution is 1.99. The Balaban J connectivity index is 2.66. The first kappa shape index (κ1) is 11.5. The van der Waals surface area contributed by atoms with Gasteiger partial charge in [0.1, 0.15) is 5.82 Å². The summed E-state index contributed by atoms with van der Waals surface area (Å²) >= 11 is 0. The number of nitrogens with two attached hydrogens (primary N) is 1. The number of aryl methyl sites for hydroxylation is 1. The van der Waals surface area contributed by atoms with Crippen LogP contribution in [0.4, 0.5) is 0 Å². The third-order valence-corrected chi connectivity index (χ3v) is 2.10. The van der Waals surface area contributed by atoms with Gasteiger partial charge >= 0.3 is 0 Å². The number of nitrogens with zero attached hydrogens (tertiary/aromatic N) is 4. The highest BCUT2D eigenvalue weighted by molar-refractivity contribution is 5.78. The van der Waals surface area contributed by atoms with Gasteiger partial charge in [-0.25, -0.2) is 10.8 Å². The number of hydrogen-bond acceptors (Lipinski definition) is 3. The maximum absolute atomic E-state index is 5.38. The molecule has 1 aromatic heterocycles. The van der Waals surface area contributed by atoms with E-state index in [9.17, 15) is 0 Å². The van der Waals surface area contributed by atoms with Gasteiger partial charge < -0.3 is 9.47 Å². The molecule has 6 heteroatoms. The predicted octanol–water partition coefficient (Wildman–Crippen LogP) is -0.309. The van der Waals surface area contributed by atoms with E-state index < -0.39 is 0 Å². The molecule has 15 heavy (non-hydrogen) atoms. The quantitative estimate of drug-likeness (QED) is 0.311. The van der Waals surface area contributed by atoms with E-state index in [2.05, 4.69) is 15.4 Å². The number of imidazole rings is 1. The van der Waals surface area contributed by atoms with Gasteiger partial charge in [0, 0.05) is 33.0 Å². The summed E-state index contributed by atoms with van der Waals surface area (Å²) in [5, 5.41) is 0. The van der Waals surface area contributed by atoms with Gasteiger partial charge in [-0.3, -0.25) is 10.4 Å².